The summed E-state index contributed by atoms with van der Waals surface area (Å²) in [6.07, 6.45) is -1.23. The fourth-order valence-corrected chi connectivity index (χ4v) is 29.5. The van der Waals surface area contributed by atoms with Crippen molar-refractivity contribution >= 4 is 35.4 Å². The van der Waals surface area contributed by atoms with Crippen molar-refractivity contribution in [2.75, 3.05) is 0 Å². The van der Waals surface area contributed by atoms with Gasteiger partial charge in [0.15, 0.2) is 0 Å². The Morgan fingerprint density at radius 2 is 0.914 bits per heavy atom. The molecule has 1 aliphatic heterocycles. The van der Waals surface area contributed by atoms with Crippen molar-refractivity contribution in [3.8, 4) is 33.4 Å². The van der Waals surface area contributed by atoms with Gasteiger partial charge in [0.25, 0.3) is 0 Å². The molecular formula is C50H41F6HfSi. The Hall–Kier alpha value is -4.53. The van der Waals surface area contributed by atoms with Crippen LogP contribution in [0.2, 0.25) is 0 Å². The van der Waals surface area contributed by atoms with Crippen LogP contribution in [0.15, 0.2) is 139 Å². The Kier molecular flexibility index (Phi) is 10.2. The van der Waals surface area contributed by atoms with Crippen LogP contribution in [-0.4, -0.2) is 9.52 Å². The normalized spacial score (nSPS) is 17.1. The van der Waals surface area contributed by atoms with Crippen LogP contribution < -0.4 is 13.7 Å². The second kappa shape index (κ2) is 15.2. The molecule has 0 spiro atoms. The van der Waals surface area contributed by atoms with E-state index in [2.05, 4.69) is 80.6 Å². The maximum absolute atomic E-state index is 14.6. The van der Waals surface area contributed by atoms with Crippen molar-refractivity contribution in [2.45, 2.75) is 59.2 Å². The molecule has 2 atom stereocenters. The summed E-state index contributed by atoms with van der Waals surface area (Å²) < 4.78 is 89.0. The van der Waals surface area contributed by atoms with E-state index < -0.39 is 54.4 Å². The molecular weight excluding hydrogens is 921 g/mol. The third-order valence-electron chi connectivity index (χ3n) is 12.2. The van der Waals surface area contributed by atoms with Crippen LogP contribution in [0, 0.1) is 0 Å². The molecule has 9 rings (SSSR count). The van der Waals surface area contributed by atoms with E-state index in [9.17, 15) is 26.3 Å². The molecule has 1 heterocycles. The van der Waals surface area contributed by atoms with Crippen molar-refractivity contribution < 1.29 is 47.8 Å². The molecule has 58 heavy (non-hydrogen) atoms. The van der Waals surface area contributed by atoms with Crippen LogP contribution >= 0.6 is 0 Å². The van der Waals surface area contributed by atoms with Crippen molar-refractivity contribution in [3.05, 3.63) is 172 Å². The van der Waals surface area contributed by atoms with E-state index in [0.717, 1.165) is 47.9 Å². The van der Waals surface area contributed by atoms with Gasteiger partial charge in [0, 0.05) is 0 Å². The second-order valence-electron chi connectivity index (χ2n) is 15.6. The monoisotopic (exact) mass is 963 g/mol. The Morgan fingerprint density at radius 1 is 0.483 bits per heavy atom. The zero-order valence-electron chi connectivity index (χ0n) is 32.2. The van der Waals surface area contributed by atoms with Gasteiger partial charge in [-0.05, 0) is 0 Å². The first-order chi connectivity index (χ1) is 28.0. The number of hydrogen-bond acceptors (Lipinski definition) is 0. The van der Waals surface area contributed by atoms with Gasteiger partial charge < -0.3 is 0 Å². The van der Waals surface area contributed by atoms with Crippen molar-refractivity contribution in [3.63, 3.8) is 0 Å². The second-order valence-corrected chi connectivity index (χ2v) is 26.8. The molecule has 0 nitrogen and oxygen atoms in total. The van der Waals surface area contributed by atoms with E-state index in [4.69, 9.17) is 0 Å². The molecule has 6 aromatic carbocycles. The summed E-state index contributed by atoms with van der Waals surface area (Å²) in [5.41, 5.74) is 9.32. The summed E-state index contributed by atoms with van der Waals surface area (Å²) in [6, 6.07) is 39.1. The number of fused-ring (bicyclic) bond motifs is 5. The summed E-state index contributed by atoms with van der Waals surface area (Å²) in [6.45, 7) is 4.32. The minimum atomic E-state index is -4.52. The SMILES string of the molecule is CCCC1=Cc2c(-c3ccccc3C(F)(F)F)cccc2[CH]1[Hf]([c]1cccc2c1[SiH2]c1ccccc1-2)[CH]1C(CCC)=Cc2c(-c3ccccc3C(F)(F)F)cccc21. The van der Waals surface area contributed by atoms with Crippen LogP contribution in [0.1, 0.15) is 80.3 Å². The van der Waals surface area contributed by atoms with E-state index in [0.29, 0.717) is 11.1 Å². The Morgan fingerprint density at radius 3 is 1.41 bits per heavy atom. The first-order valence-electron chi connectivity index (χ1n) is 20.1. The van der Waals surface area contributed by atoms with E-state index >= 15 is 0 Å². The maximum atomic E-state index is 14.6. The van der Waals surface area contributed by atoms with E-state index in [1.807, 2.05) is 24.3 Å². The standard InChI is InChI=1S/2C19H16F3.C12H9Si.Hf/c2*1-2-6-13-11-14-7-5-9-15(17(14)12-13)16-8-3-4-10-18(16)19(20,21)22;1-3-7-11-9(5-1)10-6-2-4-8-12(10)13-11;/h2*3-5,7-12H,2,6H2,1H3;1-7H,13H2;. The summed E-state index contributed by atoms with van der Waals surface area (Å²) in [5.74, 6) is 0. The molecule has 0 N–H and O–H groups in total. The summed E-state index contributed by atoms with van der Waals surface area (Å²) in [7, 11) is -0.871. The predicted molar refractivity (Wildman–Crippen MR) is 224 cm³/mol. The predicted octanol–water partition coefficient (Wildman–Crippen LogP) is 12.3. The number of halogens is 6. The first kappa shape index (κ1) is 39.0. The minimum absolute atomic E-state index is 0.0319. The van der Waals surface area contributed by atoms with Crippen molar-refractivity contribution in [1.29, 1.82) is 0 Å². The van der Waals surface area contributed by atoms with Crippen LogP contribution in [-0.2, 0) is 33.8 Å². The molecule has 0 radical (unpaired) electrons. The number of alkyl halides is 6. The average molecular weight is 962 g/mol. The Bertz CT molecular complexity index is 2500. The molecule has 0 saturated heterocycles. The van der Waals surface area contributed by atoms with Gasteiger partial charge >= 0.3 is 348 Å². The summed E-state index contributed by atoms with van der Waals surface area (Å²) >= 11 is -3.58. The number of benzene rings is 6. The Balaban J connectivity index is 1.31. The van der Waals surface area contributed by atoms with Gasteiger partial charge in [-0.1, -0.05) is 0 Å². The number of rotatable bonds is 9. The Labute approximate surface area is 345 Å². The van der Waals surface area contributed by atoms with Crippen molar-refractivity contribution in [2.24, 2.45) is 0 Å². The van der Waals surface area contributed by atoms with E-state index in [-0.39, 0.29) is 18.5 Å². The summed E-state index contributed by atoms with van der Waals surface area (Å²) in [5, 5.41) is 2.89. The van der Waals surface area contributed by atoms with Crippen molar-refractivity contribution in [1.82, 2.24) is 0 Å². The molecule has 3 aliphatic rings. The van der Waals surface area contributed by atoms with Crippen LogP contribution in [0.4, 0.5) is 26.3 Å². The zero-order chi connectivity index (χ0) is 40.3. The molecule has 0 saturated carbocycles. The third kappa shape index (κ3) is 6.64. The number of hydrogen-bond donors (Lipinski definition) is 0. The van der Waals surface area contributed by atoms with Gasteiger partial charge in [0.1, 0.15) is 0 Å². The third-order valence-corrected chi connectivity index (χ3v) is 28.9. The molecule has 6 aromatic rings. The molecule has 0 amide bonds. The van der Waals surface area contributed by atoms with Crippen LogP contribution in [0.5, 0.6) is 0 Å². The fraction of sp³-hybridized carbons (Fsp3) is 0.200. The first-order valence-corrected chi connectivity index (χ1v) is 27.4. The van der Waals surface area contributed by atoms with Gasteiger partial charge in [-0.15, -0.1) is 0 Å². The number of allylic oxidation sites excluding steroid dienone is 2. The van der Waals surface area contributed by atoms with Crippen LogP contribution in [0.25, 0.3) is 45.5 Å². The van der Waals surface area contributed by atoms with E-state index in [1.165, 1.54) is 60.2 Å². The molecule has 0 fully saturated rings. The van der Waals surface area contributed by atoms with E-state index in [1.54, 1.807) is 24.3 Å². The molecule has 2 aliphatic carbocycles. The zero-order valence-corrected chi connectivity index (χ0v) is 37.2. The van der Waals surface area contributed by atoms with Gasteiger partial charge in [0.2, 0.25) is 0 Å². The van der Waals surface area contributed by atoms with Gasteiger partial charge in [0.05, 0.1) is 0 Å². The fourth-order valence-electron chi connectivity index (χ4n) is 9.98. The topological polar surface area (TPSA) is 0 Å². The average Bonchev–Trinajstić information content (AvgIpc) is 3.90. The molecule has 2 unspecified atom stereocenters. The van der Waals surface area contributed by atoms with Crippen LogP contribution in [0.3, 0.4) is 0 Å². The van der Waals surface area contributed by atoms with Gasteiger partial charge in [-0.2, -0.15) is 0 Å². The molecule has 291 valence electrons. The quantitative estimate of drug-likeness (QED) is 0.0999. The molecule has 0 aromatic heterocycles. The van der Waals surface area contributed by atoms with Gasteiger partial charge in [-0.25, -0.2) is 0 Å². The van der Waals surface area contributed by atoms with Gasteiger partial charge in [-0.3, -0.25) is 0 Å². The molecule has 8 heteroatoms. The summed E-state index contributed by atoms with van der Waals surface area (Å²) in [4.78, 5) is 0. The molecule has 0 bridgehead atoms.